The number of imidazole rings is 1. The molecule has 8 nitrogen and oxygen atoms in total. The third kappa shape index (κ3) is 2.37. The van der Waals surface area contributed by atoms with Crippen LogP contribution < -0.4 is 11.2 Å². The number of aromatic nitrogens is 4. The molecule has 2 heterocycles. The van der Waals surface area contributed by atoms with Crippen molar-refractivity contribution in [2.75, 3.05) is 0 Å². The Morgan fingerprint density at radius 2 is 1.58 bits per heavy atom. The fraction of sp³-hybridized carbons (Fsp3) is 0.267. The first-order valence-electron chi connectivity index (χ1n) is 7.13. The first-order chi connectivity index (χ1) is 11.2. The number of sulfone groups is 1. The van der Waals surface area contributed by atoms with Crippen molar-refractivity contribution in [3.8, 4) is 0 Å². The molecule has 3 aromatic rings. The molecule has 0 atom stereocenters. The van der Waals surface area contributed by atoms with Crippen molar-refractivity contribution in [1.29, 1.82) is 0 Å². The third-order valence-corrected chi connectivity index (χ3v) is 5.55. The van der Waals surface area contributed by atoms with E-state index >= 15 is 0 Å². The Bertz CT molecular complexity index is 1150. The maximum Gasteiger partial charge on any atom is 0.332 e. The lowest BCUT2D eigenvalue weighted by Crippen LogP contribution is -2.37. The maximum absolute atomic E-state index is 12.7. The van der Waals surface area contributed by atoms with Crippen LogP contribution in [0.4, 0.5) is 0 Å². The van der Waals surface area contributed by atoms with Gasteiger partial charge in [0.15, 0.2) is 11.2 Å². The van der Waals surface area contributed by atoms with E-state index in [2.05, 4.69) is 4.98 Å². The molecule has 0 saturated carbocycles. The lowest BCUT2D eigenvalue weighted by molar-refractivity contribution is 0.579. The molecule has 0 N–H and O–H groups in total. The van der Waals surface area contributed by atoms with Crippen molar-refractivity contribution in [3.05, 3.63) is 56.7 Å². The first-order valence-corrected chi connectivity index (χ1v) is 8.78. The van der Waals surface area contributed by atoms with E-state index in [1.54, 1.807) is 30.3 Å². The Kier molecular flexibility index (Phi) is 3.67. The fourth-order valence-electron chi connectivity index (χ4n) is 2.63. The van der Waals surface area contributed by atoms with Gasteiger partial charge in [0.25, 0.3) is 5.56 Å². The highest BCUT2D eigenvalue weighted by molar-refractivity contribution is 7.90. The summed E-state index contributed by atoms with van der Waals surface area (Å²) in [6.07, 6.45) is 0. The highest BCUT2D eigenvalue weighted by atomic mass is 32.2. The van der Waals surface area contributed by atoms with Crippen LogP contribution in [0, 0.1) is 0 Å². The van der Waals surface area contributed by atoms with E-state index in [-0.39, 0.29) is 22.1 Å². The second-order valence-corrected chi connectivity index (χ2v) is 7.46. The van der Waals surface area contributed by atoms with Crippen LogP contribution in [0.25, 0.3) is 11.2 Å². The summed E-state index contributed by atoms with van der Waals surface area (Å²) in [5.41, 5.74) is -0.392. The maximum atomic E-state index is 12.7. The monoisotopic (exact) mass is 348 g/mol. The van der Waals surface area contributed by atoms with Gasteiger partial charge in [0.2, 0.25) is 15.0 Å². The van der Waals surface area contributed by atoms with Crippen LogP contribution in [0.15, 0.2) is 45.1 Å². The zero-order valence-electron chi connectivity index (χ0n) is 13.4. The van der Waals surface area contributed by atoms with E-state index in [0.717, 1.165) is 9.13 Å². The van der Waals surface area contributed by atoms with Crippen LogP contribution in [0.1, 0.15) is 5.56 Å². The number of nitrogens with zero attached hydrogens (tertiary/aromatic N) is 4. The highest BCUT2D eigenvalue weighted by Crippen LogP contribution is 2.18. The van der Waals surface area contributed by atoms with E-state index in [1.165, 1.54) is 25.7 Å². The summed E-state index contributed by atoms with van der Waals surface area (Å²) in [6.45, 7) is 0. The molecule has 0 aliphatic carbocycles. The summed E-state index contributed by atoms with van der Waals surface area (Å²) < 4.78 is 28.7. The second kappa shape index (κ2) is 5.45. The summed E-state index contributed by atoms with van der Waals surface area (Å²) in [4.78, 5) is 28.4. The minimum Gasteiger partial charge on any atom is -0.312 e. The van der Waals surface area contributed by atoms with E-state index in [4.69, 9.17) is 0 Å². The Hall–Kier alpha value is -2.68. The van der Waals surface area contributed by atoms with Crippen molar-refractivity contribution in [2.45, 2.75) is 10.9 Å². The minimum absolute atomic E-state index is 0.0530. The molecule has 0 saturated heterocycles. The van der Waals surface area contributed by atoms with Crippen LogP contribution in [0.2, 0.25) is 0 Å². The van der Waals surface area contributed by atoms with Crippen molar-refractivity contribution in [3.63, 3.8) is 0 Å². The molecule has 0 unspecified atom stereocenters. The highest BCUT2D eigenvalue weighted by Gasteiger charge is 2.26. The van der Waals surface area contributed by atoms with E-state index < -0.39 is 21.1 Å². The normalized spacial score (nSPS) is 12.0. The van der Waals surface area contributed by atoms with Gasteiger partial charge in [0.1, 0.15) is 0 Å². The van der Waals surface area contributed by atoms with Crippen molar-refractivity contribution < 1.29 is 8.42 Å². The van der Waals surface area contributed by atoms with Crippen LogP contribution in [0.5, 0.6) is 0 Å². The molecule has 0 radical (unpaired) electrons. The molecular formula is C15H16N4O4S. The molecule has 24 heavy (non-hydrogen) atoms. The molecule has 0 bridgehead atoms. The van der Waals surface area contributed by atoms with Gasteiger partial charge >= 0.3 is 5.69 Å². The molecule has 0 aliphatic rings. The van der Waals surface area contributed by atoms with Crippen LogP contribution in [-0.2, 0) is 36.7 Å². The summed E-state index contributed by atoms with van der Waals surface area (Å²) in [5, 5.41) is -0.236. The zero-order valence-corrected chi connectivity index (χ0v) is 14.2. The minimum atomic E-state index is -3.78. The van der Waals surface area contributed by atoms with Gasteiger partial charge in [-0.3, -0.25) is 13.9 Å². The average Bonchev–Trinajstić information content (AvgIpc) is 2.90. The van der Waals surface area contributed by atoms with Gasteiger partial charge in [-0.1, -0.05) is 30.3 Å². The largest absolute Gasteiger partial charge is 0.332 e. The molecule has 3 rings (SSSR count). The van der Waals surface area contributed by atoms with E-state index in [0.29, 0.717) is 5.56 Å². The van der Waals surface area contributed by atoms with Gasteiger partial charge in [0.05, 0.1) is 5.75 Å². The molecule has 0 amide bonds. The summed E-state index contributed by atoms with van der Waals surface area (Å²) in [7, 11) is 0.472. The Morgan fingerprint density at radius 3 is 2.21 bits per heavy atom. The van der Waals surface area contributed by atoms with Crippen LogP contribution in [-0.4, -0.2) is 27.1 Å². The predicted octanol–water partition coefficient (Wildman–Crippen LogP) is -0.0554. The second-order valence-electron chi connectivity index (χ2n) is 5.58. The Balaban J connectivity index is 2.27. The van der Waals surface area contributed by atoms with Crippen molar-refractivity contribution in [2.24, 2.45) is 21.1 Å². The quantitative estimate of drug-likeness (QED) is 0.661. The van der Waals surface area contributed by atoms with Gasteiger partial charge in [-0.15, -0.1) is 0 Å². The third-order valence-electron chi connectivity index (χ3n) is 3.91. The van der Waals surface area contributed by atoms with Gasteiger partial charge in [-0.2, -0.15) is 4.98 Å². The Morgan fingerprint density at radius 1 is 0.958 bits per heavy atom. The lowest BCUT2D eigenvalue weighted by Gasteiger charge is -2.05. The lowest BCUT2D eigenvalue weighted by atomic mass is 10.2. The van der Waals surface area contributed by atoms with Crippen LogP contribution >= 0.6 is 0 Å². The summed E-state index contributed by atoms with van der Waals surface area (Å²) in [6, 6.07) is 8.70. The number of hydrogen-bond donors (Lipinski definition) is 0. The van der Waals surface area contributed by atoms with Crippen molar-refractivity contribution >= 4 is 21.0 Å². The number of hydrogen-bond acceptors (Lipinski definition) is 5. The van der Waals surface area contributed by atoms with Gasteiger partial charge < -0.3 is 4.57 Å². The number of rotatable bonds is 3. The molecule has 0 aliphatic heterocycles. The SMILES string of the molecule is Cn1c(=O)c2c(nc(S(=O)(=O)Cc3ccccc3)n2C)n(C)c1=O. The summed E-state index contributed by atoms with van der Waals surface area (Å²) >= 11 is 0. The predicted molar refractivity (Wildman–Crippen MR) is 88.5 cm³/mol. The molecule has 2 aromatic heterocycles. The molecule has 9 heteroatoms. The molecule has 0 spiro atoms. The van der Waals surface area contributed by atoms with Crippen LogP contribution in [0.3, 0.4) is 0 Å². The fourth-order valence-corrected chi connectivity index (χ4v) is 4.13. The van der Waals surface area contributed by atoms with Gasteiger partial charge in [-0.05, 0) is 5.56 Å². The van der Waals surface area contributed by atoms with Gasteiger partial charge in [0, 0.05) is 21.1 Å². The summed E-state index contributed by atoms with van der Waals surface area (Å²) in [5.74, 6) is -0.237. The first kappa shape index (κ1) is 16.2. The molecule has 0 fully saturated rings. The Labute approximate surface area is 137 Å². The smallest absolute Gasteiger partial charge is 0.312 e. The topological polar surface area (TPSA) is 96.0 Å². The standard InChI is InChI=1S/C15H16N4O4S/c1-17-11-12(18(2)15(21)19(3)13(11)20)16-14(17)24(22,23)9-10-7-5-4-6-8-10/h4-8H,9H2,1-3H3. The van der Waals surface area contributed by atoms with Crippen molar-refractivity contribution in [1.82, 2.24) is 18.7 Å². The number of benzene rings is 1. The molecule has 1 aromatic carbocycles. The number of fused-ring (bicyclic) bond motifs is 1. The van der Waals surface area contributed by atoms with E-state index in [9.17, 15) is 18.0 Å². The number of aryl methyl sites for hydroxylation is 2. The molecular weight excluding hydrogens is 332 g/mol. The van der Waals surface area contributed by atoms with Gasteiger partial charge in [-0.25, -0.2) is 13.2 Å². The molecule has 126 valence electrons. The van der Waals surface area contributed by atoms with E-state index in [1.807, 2.05) is 0 Å². The zero-order chi connectivity index (χ0) is 17.6. The average molecular weight is 348 g/mol.